The third kappa shape index (κ3) is 4.13. The lowest BCUT2D eigenvalue weighted by molar-refractivity contribution is -0.153. The van der Waals surface area contributed by atoms with E-state index in [1.54, 1.807) is 25.1 Å². The fourth-order valence-corrected chi connectivity index (χ4v) is 1.60. The summed E-state index contributed by atoms with van der Waals surface area (Å²) in [5, 5.41) is 9.86. The van der Waals surface area contributed by atoms with E-state index >= 15 is 0 Å². The van der Waals surface area contributed by atoms with E-state index in [1.807, 2.05) is 13.8 Å². The van der Waals surface area contributed by atoms with Crippen molar-refractivity contribution in [1.29, 1.82) is 0 Å². The number of hydrogen-bond acceptors (Lipinski definition) is 5. The van der Waals surface area contributed by atoms with Gasteiger partial charge in [0.25, 0.3) is 0 Å². The molecule has 1 N–H and O–H groups in total. The van der Waals surface area contributed by atoms with Gasteiger partial charge in [-0.2, -0.15) is 0 Å². The van der Waals surface area contributed by atoms with Crippen LogP contribution in [0.1, 0.15) is 32.4 Å². The highest BCUT2D eigenvalue weighted by molar-refractivity contribution is 5.76. The lowest BCUT2D eigenvalue weighted by Crippen LogP contribution is -2.15. The summed E-state index contributed by atoms with van der Waals surface area (Å²) in [5.41, 5.74) is 0.422. The van der Waals surface area contributed by atoms with Crippen LogP contribution in [-0.4, -0.2) is 30.9 Å². The Balaban J connectivity index is 2.96. The molecule has 1 atom stereocenters. The molecule has 0 radical (unpaired) electrons. The molecule has 0 amide bonds. The molecule has 0 heterocycles. The highest BCUT2D eigenvalue weighted by Gasteiger charge is 2.20. The van der Waals surface area contributed by atoms with Crippen molar-refractivity contribution in [2.24, 2.45) is 0 Å². The Bertz CT molecular complexity index is 416. The van der Waals surface area contributed by atoms with Crippen LogP contribution in [-0.2, 0) is 9.53 Å². The summed E-state index contributed by atoms with van der Waals surface area (Å²) in [6, 6.07) is 4.89. The predicted octanol–water partition coefficient (Wildman–Crippen LogP) is 2.08. The van der Waals surface area contributed by atoms with E-state index in [0.29, 0.717) is 30.3 Å². The number of benzene rings is 1. The van der Waals surface area contributed by atoms with Gasteiger partial charge in [-0.25, -0.2) is 4.79 Å². The van der Waals surface area contributed by atoms with E-state index in [2.05, 4.69) is 0 Å². The Kier molecular flexibility index (Phi) is 6.15. The SMILES string of the molecule is CCOC(=O)C(O)c1ccc(OCC)c(OCC)c1. The standard InChI is InChI=1S/C14H20O5/c1-4-17-11-8-7-10(9-12(11)18-5-2)13(15)14(16)19-6-3/h7-9,13,15H,4-6H2,1-3H3. The van der Waals surface area contributed by atoms with Crippen LogP contribution >= 0.6 is 0 Å². The average molecular weight is 268 g/mol. The molecule has 0 bridgehead atoms. The van der Waals surface area contributed by atoms with Gasteiger partial charge in [0.1, 0.15) is 0 Å². The summed E-state index contributed by atoms with van der Waals surface area (Å²) in [6.07, 6.45) is -1.31. The van der Waals surface area contributed by atoms with Crippen molar-refractivity contribution in [3.63, 3.8) is 0 Å². The van der Waals surface area contributed by atoms with E-state index in [1.165, 1.54) is 0 Å². The third-order valence-corrected chi connectivity index (χ3v) is 2.39. The Labute approximate surface area is 113 Å². The van der Waals surface area contributed by atoms with Gasteiger partial charge in [0.05, 0.1) is 19.8 Å². The summed E-state index contributed by atoms with van der Waals surface area (Å²) >= 11 is 0. The normalized spacial score (nSPS) is 11.8. The van der Waals surface area contributed by atoms with Gasteiger partial charge >= 0.3 is 5.97 Å². The molecule has 0 aliphatic heterocycles. The quantitative estimate of drug-likeness (QED) is 0.767. The second-order valence-electron chi connectivity index (χ2n) is 3.73. The van der Waals surface area contributed by atoms with Crippen LogP contribution < -0.4 is 9.47 Å². The molecule has 0 saturated heterocycles. The zero-order valence-corrected chi connectivity index (χ0v) is 11.5. The summed E-state index contributed by atoms with van der Waals surface area (Å²) in [6.45, 7) is 6.62. The minimum Gasteiger partial charge on any atom is -0.490 e. The first kappa shape index (κ1) is 15.3. The van der Waals surface area contributed by atoms with E-state index in [0.717, 1.165) is 0 Å². The topological polar surface area (TPSA) is 65.0 Å². The van der Waals surface area contributed by atoms with Crippen molar-refractivity contribution >= 4 is 5.97 Å². The van der Waals surface area contributed by atoms with Gasteiger partial charge in [0.2, 0.25) is 0 Å². The highest BCUT2D eigenvalue weighted by Crippen LogP contribution is 2.31. The minimum atomic E-state index is -1.31. The number of hydrogen-bond donors (Lipinski definition) is 1. The van der Waals surface area contributed by atoms with Crippen LogP contribution in [0.5, 0.6) is 11.5 Å². The van der Waals surface area contributed by atoms with Crippen LogP contribution in [0, 0.1) is 0 Å². The van der Waals surface area contributed by atoms with E-state index < -0.39 is 12.1 Å². The van der Waals surface area contributed by atoms with E-state index in [4.69, 9.17) is 14.2 Å². The lowest BCUT2D eigenvalue weighted by Gasteiger charge is -2.14. The number of carbonyl (C=O) groups is 1. The number of rotatable bonds is 7. The lowest BCUT2D eigenvalue weighted by atomic mass is 10.1. The molecule has 0 fully saturated rings. The Morgan fingerprint density at radius 2 is 1.74 bits per heavy atom. The monoisotopic (exact) mass is 268 g/mol. The number of ether oxygens (including phenoxy) is 3. The van der Waals surface area contributed by atoms with Crippen LogP contribution in [0.25, 0.3) is 0 Å². The summed E-state index contributed by atoms with van der Waals surface area (Å²) in [4.78, 5) is 11.5. The predicted molar refractivity (Wildman–Crippen MR) is 70.4 cm³/mol. The van der Waals surface area contributed by atoms with Crippen molar-refractivity contribution in [3.05, 3.63) is 23.8 Å². The minimum absolute atomic E-state index is 0.227. The van der Waals surface area contributed by atoms with Crippen molar-refractivity contribution < 1.29 is 24.1 Å². The zero-order valence-electron chi connectivity index (χ0n) is 11.5. The molecule has 5 heteroatoms. The fraction of sp³-hybridized carbons (Fsp3) is 0.500. The van der Waals surface area contributed by atoms with Crippen LogP contribution in [0.2, 0.25) is 0 Å². The summed E-state index contributed by atoms with van der Waals surface area (Å²) < 4.78 is 15.6. The van der Waals surface area contributed by atoms with Gasteiger partial charge in [0, 0.05) is 0 Å². The van der Waals surface area contributed by atoms with Crippen molar-refractivity contribution in [1.82, 2.24) is 0 Å². The number of aliphatic hydroxyl groups excluding tert-OH is 1. The molecule has 19 heavy (non-hydrogen) atoms. The third-order valence-electron chi connectivity index (χ3n) is 2.39. The molecule has 0 aliphatic rings. The fourth-order valence-electron chi connectivity index (χ4n) is 1.60. The summed E-state index contributed by atoms with van der Waals surface area (Å²) in [7, 11) is 0. The average Bonchev–Trinajstić information content (AvgIpc) is 2.40. The Morgan fingerprint density at radius 3 is 2.32 bits per heavy atom. The molecule has 1 rings (SSSR count). The van der Waals surface area contributed by atoms with Gasteiger partial charge in [-0.15, -0.1) is 0 Å². The molecule has 0 saturated carbocycles. The van der Waals surface area contributed by atoms with Crippen LogP contribution in [0.15, 0.2) is 18.2 Å². The molecule has 0 aliphatic carbocycles. The first-order valence-corrected chi connectivity index (χ1v) is 6.38. The Morgan fingerprint density at radius 1 is 1.11 bits per heavy atom. The maximum absolute atomic E-state index is 11.5. The second kappa shape index (κ2) is 7.63. The van der Waals surface area contributed by atoms with Crippen molar-refractivity contribution in [3.8, 4) is 11.5 Å². The maximum atomic E-state index is 11.5. The van der Waals surface area contributed by atoms with Gasteiger partial charge in [0.15, 0.2) is 17.6 Å². The smallest absolute Gasteiger partial charge is 0.339 e. The zero-order chi connectivity index (χ0) is 14.3. The molecule has 1 aromatic rings. The molecule has 106 valence electrons. The van der Waals surface area contributed by atoms with Gasteiger partial charge in [-0.3, -0.25) is 0 Å². The van der Waals surface area contributed by atoms with Crippen molar-refractivity contribution in [2.75, 3.05) is 19.8 Å². The summed E-state index contributed by atoms with van der Waals surface area (Å²) in [5.74, 6) is 0.420. The largest absolute Gasteiger partial charge is 0.490 e. The van der Waals surface area contributed by atoms with Crippen molar-refractivity contribution in [2.45, 2.75) is 26.9 Å². The maximum Gasteiger partial charge on any atom is 0.339 e. The molecular formula is C14H20O5. The number of esters is 1. The van der Waals surface area contributed by atoms with E-state index in [9.17, 15) is 9.90 Å². The molecule has 1 aromatic carbocycles. The van der Waals surface area contributed by atoms with Gasteiger partial charge in [-0.05, 0) is 38.5 Å². The first-order valence-electron chi connectivity index (χ1n) is 6.38. The molecule has 0 spiro atoms. The van der Waals surface area contributed by atoms with Gasteiger partial charge in [-0.1, -0.05) is 6.07 Å². The second-order valence-corrected chi connectivity index (χ2v) is 3.73. The molecule has 5 nitrogen and oxygen atoms in total. The Hall–Kier alpha value is -1.75. The molecule has 0 aromatic heterocycles. The molecule has 1 unspecified atom stereocenters. The number of aliphatic hydroxyl groups is 1. The first-order chi connectivity index (χ1) is 9.13. The molecular weight excluding hydrogens is 248 g/mol. The van der Waals surface area contributed by atoms with E-state index in [-0.39, 0.29) is 6.61 Å². The van der Waals surface area contributed by atoms with Crippen LogP contribution in [0.4, 0.5) is 0 Å². The highest BCUT2D eigenvalue weighted by atomic mass is 16.5. The number of carbonyl (C=O) groups excluding carboxylic acids is 1. The van der Waals surface area contributed by atoms with Gasteiger partial charge < -0.3 is 19.3 Å². The van der Waals surface area contributed by atoms with Crippen LogP contribution in [0.3, 0.4) is 0 Å².